The lowest BCUT2D eigenvalue weighted by atomic mass is 9.97. The summed E-state index contributed by atoms with van der Waals surface area (Å²) in [4.78, 5) is 39.1. The van der Waals surface area contributed by atoms with Crippen molar-refractivity contribution < 1.29 is 14.4 Å². The Morgan fingerprint density at radius 3 is 2.69 bits per heavy atom. The van der Waals surface area contributed by atoms with Crippen LogP contribution in [0.5, 0.6) is 0 Å². The van der Waals surface area contributed by atoms with E-state index in [1.807, 2.05) is 18.2 Å². The van der Waals surface area contributed by atoms with Crippen molar-refractivity contribution >= 4 is 34.7 Å². The Bertz CT molecular complexity index is 855. The Labute approximate surface area is 173 Å². The highest BCUT2D eigenvalue weighted by Crippen LogP contribution is 2.21. The third-order valence-electron chi connectivity index (χ3n) is 4.74. The van der Waals surface area contributed by atoms with Gasteiger partial charge in [0.25, 0.3) is 11.8 Å². The topological polar surface area (TPSA) is 104 Å². The molecule has 2 heterocycles. The molecule has 0 bridgehead atoms. The highest BCUT2D eigenvalue weighted by Gasteiger charge is 2.30. The second-order valence-corrected chi connectivity index (χ2v) is 7.94. The molecule has 2 N–H and O–H groups in total. The predicted octanol–water partition coefficient (Wildman–Crippen LogP) is 2.56. The number of piperidine rings is 1. The van der Waals surface area contributed by atoms with Gasteiger partial charge in [-0.2, -0.15) is 0 Å². The number of likely N-dealkylation sites (tertiary alicyclic amines) is 1. The number of hydrogen-bond acceptors (Lipinski definition) is 6. The molecule has 8 nitrogen and oxygen atoms in total. The van der Waals surface area contributed by atoms with Gasteiger partial charge in [-0.3, -0.25) is 14.4 Å². The van der Waals surface area contributed by atoms with Gasteiger partial charge in [0.15, 0.2) is 0 Å². The Balaban J connectivity index is 1.59. The molecule has 1 fully saturated rings. The first kappa shape index (κ1) is 20.9. The minimum Gasteiger partial charge on any atom is -0.356 e. The zero-order valence-electron chi connectivity index (χ0n) is 16.4. The molecule has 3 amide bonds. The molecular formula is C20H25N5O3S. The Hall–Kier alpha value is -2.81. The van der Waals surface area contributed by atoms with E-state index in [1.165, 1.54) is 0 Å². The molecule has 154 valence electrons. The molecule has 0 radical (unpaired) electrons. The number of nitrogens with zero attached hydrogens (tertiary/aromatic N) is 3. The average molecular weight is 416 g/mol. The van der Waals surface area contributed by atoms with Crippen molar-refractivity contribution in [3.8, 4) is 0 Å². The molecule has 1 aliphatic rings. The van der Waals surface area contributed by atoms with Gasteiger partial charge in [0, 0.05) is 25.3 Å². The third-order valence-corrected chi connectivity index (χ3v) is 5.65. The molecule has 29 heavy (non-hydrogen) atoms. The summed E-state index contributed by atoms with van der Waals surface area (Å²) in [6.45, 7) is 3.67. The Kier molecular flexibility index (Phi) is 7.29. The maximum absolute atomic E-state index is 12.8. The van der Waals surface area contributed by atoms with E-state index in [0.717, 1.165) is 37.0 Å². The third kappa shape index (κ3) is 5.60. The minimum atomic E-state index is -0.403. The van der Waals surface area contributed by atoms with E-state index in [-0.39, 0.29) is 27.7 Å². The average Bonchev–Trinajstić information content (AvgIpc) is 3.24. The summed E-state index contributed by atoms with van der Waals surface area (Å²) >= 11 is 0.962. The molecule has 1 aromatic carbocycles. The van der Waals surface area contributed by atoms with E-state index in [1.54, 1.807) is 17.0 Å². The number of carbonyl (C=O) groups is 3. The number of anilines is 1. The number of unbranched alkanes of at least 4 members (excludes halogenated alkanes) is 1. The highest BCUT2D eigenvalue weighted by atomic mass is 32.1. The van der Waals surface area contributed by atoms with Gasteiger partial charge in [-0.15, -0.1) is 10.2 Å². The second kappa shape index (κ2) is 10.1. The van der Waals surface area contributed by atoms with Crippen molar-refractivity contribution in [1.82, 2.24) is 20.4 Å². The van der Waals surface area contributed by atoms with Gasteiger partial charge >= 0.3 is 0 Å². The molecule has 1 aromatic heterocycles. The molecule has 1 atom stereocenters. The molecule has 0 spiro atoms. The van der Waals surface area contributed by atoms with Crippen LogP contribution in [0.2, 0.25) is 0 Å². The summed E-state index contributed by atoms with van der Waals surface area (Å²) < 4.78 is 0. The fourth-order valence-corrected chi connectivity index (χ4v) is 3.86. The summed E-state index contributed by atoms with van der Waals surface area (Å²) in [7, 11) is 0. The molecule has 0 aliphatic carbocycles. The van der Waals surface area contributed by atoms with Crippen LogP contribution in [0, 0.1) is 5.92 Å². The quantitative estimate of drug-likeness (QED) is 0.677. The number of hydrogen-bond donors (Lipinski definition) is 2. The molecular weight excluding hydrogens is 390 g/mol. The first-order chi connectivity index (χ1) is 14.1. The van der Waals surface area contributed by atoms with E-state index in [4.69, 9.17) is 0 Å². The van der Waals surface area contributed by atoms with E-state index < -0.39 is 5.91 Å². The fraction of sp³-hybridized carbons (Fsp3) is 0.450. The largest absolute Gasteiger partial charge is 0.356 e. The van der Waals surface area contributed by atoms with Crippen molar-refractivity contribution in [3.05, 3.63) is 40.3 Å². The standard InChI is InChI=1S/C20H25N5O3S/c1-2-3-11-21-16(26)14-8-7-12-25(13-14)20(28)19-24-23-18(29-19)17(27)22-15-9-5-4-6-10-15/h4-6,9-10,14H,2-3,7-8,11-13H2,1H3,(H,21,26)(H,22,27)/t14-/m1/s1. The van der Waals surface area contributed by atoms with Gasteiger partial charge < -0.3 is 15.5 Å². The lowest BCUT2D eigenvalue weighted by Gasteiger charge is -2.31. The van der Waals surface area contributed by atoms with Gasteiger partial charge in [0.2, 0.25) is 15.9 Å². The monoisotopic (exact) mass is 415 g/mol. The second-order valence-electron chi connectivity index (χ2n) is 6.97. The maximum Gasteiger partial charge on any atom is 0.286 e. The van der Waals surface area contributed by atoms with Crippen LogP contribution in [0.25, 0.3) is 0 Å². The fourth-order valence-electron chi connectivity index (χ4n) is 3.15. The number of rotatable bonds is 7. The van der Waals surface area contributed by atoms with Gasteiger partial charge in [-0.05, 0) is 31.4 Å². The smallest absolute Gasteiger partial charge is 0.286 e. The van der Waals surface area contributed by atoms with Gasteiger partial charge in [0.1, 0.15) is 0 Å². The summed E-state index contributed by atoms with van der Waals surface area (Å²) in [5.41, 5.74) is 0.647. The maximum atomic E-state index is 12.8. The van der Waals surface area contributed by atoms with E-state index in [9.17, 15) is 14.4 Å². The van der Waals surface area contributed by atoms with Crippen molar-refractivity contribution in [1.29, 1.82) is 0 Å². The van der Waals surface area contributed by atoms with Gasteiger partial charge in [0.05, 0.1) is 5.92 Å². The van der Waals surface area contributed by atoms with Crippen molar-refractivity contribution in [2.24, 2.45) is 5.92 Å². The van der Waals surface area contributed by atoms with E-state index >= 15 is 0 Å². The predicted molar refractivity (Wildman–Crippen MR) is 111 cm³/mol. The zero-order valence-corrected chi connectivity index (χ0v) is 17.2. The summed E-state index contributed by atoms with van der Waals surface area (Å²) in [6, 6.07) is 9.02. The SMILES string of the molecule is CCCCNC(=O)[C@@H]1CCCN(C(=O)c2nnc(C(=O)Nc3ccccc3)s2)C1. The van der Waals surface area contributed by atoms with Crippen LogP contribution in [-0.4, -0.2) is 52.5 Å². The summed E-state index contributed by atoms with van der Waals surface area (Å²) in [5, 5.41) is 13.7. The first-order valence-corrected chi connectivity index (χ1v) is 10.7. The van der Waals surface area contributed by atoms with Crippen molar-refractivity contribution in [3.63, 3.8) is 0 Å². The highest BCUT2D eigenvalue weighted by molar-refractivity contribution is 7.15. The number of aromatic nitrogens is 2. The lowest BCUT2D eigenvalue weighted by molar-refractivity contribution is -0.126. The molecule has 0 saturated carbocycles. The van der Waals surface area contributed by atoms with Crippen LogP contribution in [0.15, 0.2) is 30.3 Å². The Morgan fingerprint density at radius 1 is 1.17 bits per heavy atom. The number of benzene rings is 1. The van der Waals surface area contributed by atoms with Crippen LogP contribution in [0.1, 0.15) is 52.2 Å². The normalized spacial score (nSPS) is 16.3. The van der Waals surface area contributed by atoms with Crippen molar-refractivity contribution in [2.45, 2.75) is 32.6 Å². The molecule has 2 aromatic rings. The minimum absolute atomic E-state index is 0.00357. The van der Waals surface area contributed by atoms with Crippen LogP contribution >= 0.6 is 11.3 Å². The van der Waals surface area contributed by atoms with Gasteiger partial charge in [-0.25, -0.2) is 0 Å². The van der Waals surface area contributed by atoms with E-state index in [0.29, 0.717) is 25.3 Å². The number of amides is 3. The molecule has 1 saturated heterocycles. The van der Waals surface area contributed by atoms with Crippen LogP contribution in [0.4, 0.5) is 5.69 Å². The van der Waals surface area contributed by atoms with Crippen LogP contribution in [-0.2, 0) is 4.79 Å². The number of para-hydroxylation sites is 1. The summed E-state index contributed by atoms with van der Waals surface area (Å²) in [5.74, 6) is -0.902. The molecule has 9 heteroatoms. The molecule has 0 unspecified atom stereocenters. The Morgan fingerprint density at radius 2 is 1.93 bits per heavy atom. The van der Waals surface area contributed by atoms with Crippen LogP contribution < -0.4 is 10.6 Å². The van der Waals surface area contributed by atoms with E-state index in [2.05, 4.69) is 27.8 Å². The molecule has 3 rings (SSSR count). The summed E-state index contributed by atoms with van der Waals surface area (Å²) in [6.07, 6.45) is 3.49. The lowest BCUT2D eigenvalue weighted by Crippen LogP contribution is -2.45. The number of nitrogens with one attached hydrogen (secondary N) is 2. The zero-order chi connectivity index (χ0) is 20.6. The van der Waals surface area contributed by atoms with Crippen molar-refractivity contribution in [2.75, 3.05) is 25.0 Å². The van der Waals surface area contributed by atoms with Crippen LogP contribution in [0.3, 0.4) is 0 Å². The van der Waals surface area contributed by atoms with Gasteiger partial charge in [-0.1, -0.05) is 42.9 Å². The number of carbonyl (C=O) groups excluding carboxylic acids is 3. The molecule has 1 aliphatic heterocycles. The first-order valence-electron chi connectivity index (χ1n) is 9.85.